The zero-order valence-electron chi connectivity index (χ0n) is 19.1. The van der Waals surface area contributed by atoms with Crippen LogP contribution in [0.4, 0.5) is 0 Å². The van der Waals surface area contributed by atoms with Crippen LogP contribution in [0.25, 0.3) is 17.1 Å². The van der Waals surface area contributed by atoms with Crippen molar-refractivity contribution in [3.05, 3.63) is 75.2 Å². The molecule has 0 unspecified atom stereocenters. The maximum Gasteiger partial charge on any atom is 0.270 e. The number of aryl methyl sites for hydroxylation is 1. The Morgan fingerprint density at radius 1 is 1.12 bits per heavy atom. The maximum atomic E-state index is 12.3. The third-order valence-electron chi connectivity index (χ3n) is 5.22. The number of thiazole rings is 1. The van der Waals surface area contributed by atoms with Crippen LogP contribution in [-0.2, 0) is 5.75 Å². The smallest absolute Gasteiger partial charge is 0.270 e. The molecular weight excluding hydrogens is 486 g/mol. The molecule has 0 radical (unpaired) electrons. The number of nitrogens with zero attached hydrogens (tertiary/aromatic N) is 4. The van der Waals surface area contributed by atoms with Crippen molar-refractivity contribution >= 4 is 40.6 Å². The lowest BCUT2D eigenvalue weighted by Crippen LogP contribution is -2.24. The van der Waals surface area contributed by atoms with Crippen LogP contribution in [0.3, 0.4) is 0 Å². The van der Waals surface area contributed by atoms with Gasteiger partial charge in [0, 0.05) is 23.2 Å². The molecule has 2 aromatic heterocycles. The number of carbonyl (C=O) groups is 1. The Morgan fingerprint density at radius 3 is 2.68 bits per heavy atom. The van der Waals surface area contributed by atoms with E-state index in [2.05, 4.69) is 46.5 Å². The molecule has 9 heteroatoms. The van der Waals surface area contributed by atoms with Crippen molar-refractivity contribution in [3.63, 3.8) is 0 Å². The van der Waals surface area contributed by atoms with E-state index >= 15 is 0 Å². The Morgan fingerprint density at radius 2 is 1.91 bits per heavy atom. The van der Waals surface area contributed by atoms with Crippen molar-refractivity contribution in [1.29, 1.82) is 0 Å². The number of aromatic nitrogens is 4. The Balaban J connectivity index is 1.54. The lowest BCUT2D eigenvalue weighted by Gasteiger charge is -2.11. The topological polar surface area (TPSA) is 72.7 Å². The molecule has 0 saturated carbocycles. The quantitative estimate of drug-likeness (QED) is 0.193. The third-order valence-corrected chi connectivity index (χ3v) is 7.52. The molecule has 0 aliphatic carbocycles. The van der Waals surface area contributed by atoms with Crippen molar-refractivity contribution in [2.45, 2.75) is 44.0 Å². The molecule has 0 saturated heterocycles. The molecule has 0 spiro atoms. The Bertz CT molecular complexity index is 1250. The summed E-state index contributed by atoms with van der Waals surface area (Å²) < 4.78 is 2.01. The zero-order chi connectivity index (χ0) is 23.9. The number of carbonyl (C=O) groups excluding carboxylic acids is 1. The molecule has 0 aliphatic heterocycles. The summed E-state index contributed by atoms with van der Waals surface area (Å²) in [6, 6.07) is 15.8. The first-order valence-corrected chi connectivity index (χ1v) is 13.4. The molecule has 4 aromatic rings. The minimum atomic E-state index is -0.118. The second-order valence-electron chi connectivity index (χ2n) is 7.84. The van der Waals surface area contributed by atoms with Crippen molar-refractivity contribution in [1.82, 2.24) is 25.1 Å². The van der Waals surface area contributed by atoms with Crippen LogP contribution < -0.4 is 5.32 Å². The lowest BCUT2D eigenvalue weighted by atomic mass is 10.2. The van der Waals surface area contributed by atoms with Gasteiger partial charge in [0.2, 0.25) is 0 Å². The standard InChI is InChI=1S/C25H26ClN5OS2/c1-3-4-7-14-27-24(32)21-15-33-22(28-21)16-34-25-30-29-23(19-8-5-6-9-20(19)26)31(25)18-12-10-17(2)11-13-18/h5-6,8-13,15H,3-4,7,14,16H2,1-2H3,(H,27,32). The van der Waals surface area contributed by atoms with Crippen molar-refractivity contribution < 1.29 is 4.79 Å². The summed E-state index contributed by atoms with van der Waals surface area (Å²) in [5.41, 5.74) is 3.42. The van der Waals surface area contributed by atoms with Gasteiger partial charge in [0.1, 0.15) is 10.7 Å². The fourth-order valence-electron chi connectivity index (χ4n) is 3.38. The van der Waals surface area contributed by atoms with Gasteiger partial charge in [-0.15, -0.1) is 21.5 Å². The molecule has 176 valence electrons. The number of hydrogen-bond acceptors (Lipinski definition) is 6. The number of thioether (sulfide) groups is 1. The number of halogens is 1. The van der Waals surface area contributed by atoms with Crippen LogP contribution in [0.15, 0.2) is 59.1 Å². The van der Waals surface area contributed by atoms with E-state index in [1.807, 2.05) is 46.3 Å². The maximum absolute atomic E-state index is 12.3. The number of nitrogens with one attached hydrogen (secondary N) is 1. The molecule has 2 heterocycles. The summed E-state index contributed by atoms with van der Waals surface area (Å²) >= 11 is 9.49. The van der Waals surface area contributed by atoms with E-state index < -0.39 is 0 Å². The molecule has 0 bridgehead atoms. The van der Waals surface area contributed by atoms with E-state index in [-0.39, 0.29) is 5.91 Å². The van der Waals surface area contributed by atoms with Crippen molar-refractivity contribution in [3.8, 4) is 17.1 Å². The minimum absolute atomic E-state index is 0.118. The Hall–Kier alpha value is -2.68. The van der Waals surface area contributed by atoms with E-state index in [4.69, 9.17) is 11.6 Å². The number of amides is 1. The first kappa shape index (κ1) is 24.4. The third kappa shape index (κ3) is 5.87. The van der Waals surface area contributed by atoms with Crippen LogP contribution >= 0.6 is 34.7 Å². The molecule has 0 fully saturated rings. The van der Waals surface area contributed by atoms with Gasteiger partial charge >= 0.3 is 0 Å². The lowest BCUT2D eigenvalue weighted by molar-refractivity contribution is 0.0948. The van der Waals surface area contributed by atoms with Gasteiger partial charge in [-0.3, -0.25) is 9.36 Å². The van der Waals surface area contributed by atoms with E-state index in [9.17, 15) is 4.79 Å². The second kappa shape index (κ2) is 11.6. The number of unbranched alkanes of at least 4 members (excludes halogenated alkanes) is 2. The number of hydrogen-bond donors (Lipinski definition) is 1. The summed E-state index contributed by atoms with van der Waals surface area (Å²) in [5, 5.41) is 15.9. The van der Waals surface area contributed by atoms with Gasteiger partial charge in [0.05, 0.1) is 10.8 Å². The Kier molecular flexibility index (Phi) is 8.37. The number of benzene rings is 2. The number of rotatable bonds is 10. The van der Waals surface area contributed by atoms with Gasteiger partial charge in [-0.05, 0) is 37.6 Å². The van der Waals surface area contributed by atoms with Crippen LogP contribution in [0.5, 0.6) is 0 Å². The second-order valence-corrected chi connectivity index (χ2v) is 10.1. The summed E-state index contributed by atoms with van der Waals surface area (Å²) in [4.78, 5) is 16.9. The van der Waals surface area contributed by atoms with Crippen molar-refractivity contribution in [2.75, 3.05) is 6.54 Å². The van der Waals surface area contributed by atoms with Gasteiger partial charge < -0.3 is 5.32 Å². The molecule has 4 rings (SSSR count). The van der Waals surface area contributed by atoms with Crippen LogP contribution in [0, 0.1) is 6.92 Å². The monoisotopic (exact) mass is 511 g/mol. The first-order valence-electron chi connectivity index (χ1n) is 11.2. The molecule has 34 heavy (non-hydrogen) atoms. The summed E-state index contributed by atoms with van der Waals surface area (Å²) in [5.74, 6) is 1.15. The minimum Gasteiger partial charge on any atom is -0.351 e. The highest BCUT2D eigenvalue weighted by Gasteiger charge is 2.19. The van der Waals surface area contributed by atoms with Crippen LogP contribution in [0.2, 0.25) is 5.02 Å². The first-order chi connectivity index (χ1) is 16.6. The highest BCUT2D eigenvalue weighted by molar-refractivity contribution is 7.98. The van der Waals surface area contributed by atoms with Gasteiger partial charge in [-0.25, -0.2) is 4.98 Å². The van der Waals surface area contributed by atoms with Crippen LogP contribution in [0.1, 0.15) is 47.2 Å². The van der Waals surface area contributed by atoms with Crippen LogP contribution in [-0.4, -0.2) is 32.2 Å². The predicted molar refractivity (Wildman–Crippen MR) is 140 cm³/mol. The Labute approximate surface area is 212 Å². The molecule has 2 aromatic carbocycles. The molecule has 1 N–H and O–H groups in total. The van der Waals surface area contributed by atoms with E-state index in [1.165, 1.54) is 28.7 Å². The zero-order valence-corrected chi connectivity index (χ0v) is 21.5. The molecule has 1 amide bonds. The summed E-state index contributed by atoms with van der Waals surface area (Å²) in [6.45, 7) is 4.88. The van der Waals surface area contributed by atoms with E-state index in [0.717, 1.165) is 40.7 Å². The fraction of sp³-hybridized carbons (Fsp3) is 0.280. The van der Waals surface area contributed by atoms with Gasteiger partial charge in [0.15, 0.2) is 11.0 Å². The summed E-state index contributed by atoms with van der Waals surface area (Å²) in [7, 11) is 0. The van der Waals surface area contributed by atoms with Gasteiger partial charge in [-0.1, -0.05) is 73.0 Å². The normalized spacial score (nSPS) is 11.0. The van der Waals surface area contributed by atoms with E-state index in [1.54, 1.807) is 0 Å². The van der Waals surface area contributed by atoms with Gasteiger partial charge in [-0.2, -0.15) is 0 Å². The largest absolute Gasteiger partial charge is 0.351 e. The average molecular weight is 512 g/mol. The summed E-state index contributed by atoms with van der Waals surface area (Å²) in [6.07, 6.45) is 3.22. The SMILES string of the molecule is CCCCCNC(=O)c1csc(CSc2nnc(-c3ccccc3Cl)n2-c2ccc(C)cc2)n1. The van der Waals surface area contributed by atoms with Crippen molar-refractivity contribution in [2.24, 2.45) is 0 Å². The highest BCUT2D eigenvalue weighted by atomic mass is 35.5. The molecular formula is C25H26ClN5OS2. The molecule has 0 atom stereocenters. The average Bonchev–Trinajstić information content (AvgIpc) is 3.49. The molecule has 6 nitrogen and oxygen atoms in total. The highest BCUT2D eigenvalue weighted by Crippen LogP contribution is 2.33. The van der Waals surface area contributed by atoms with Gasteiger partial charge in [0.25, 0.3) is 5.91 Å². The fourth-order valence-corrected chi connectivity index (χ4v) is 5.35. The predicted octanol–water partition coefficient (Wildman–Crippen LogP) is 6.56. The van der Waals surface area contributed by atoms with E-state index in [0.29, 0.717) is 28.8 Å². The molecule has 0 aliphatic rings.